The summed E-state index contributed by atoms with van der Waals surface area (Å²) in [5.74, 6) is 0.345. The molecule has 58 valence electrons. The van der Waals surface area contributed by atoms with E-state index in [9.17, 15) is 8.71 Å². The zero-order valence-corrected chi connectivity index (χ0v) is 5.84. The van der Waals surface area contributed by atoms with Gasteiger partial charge >= 0.3 is 7.19 Å². The van der Waals surface area contributed by atoms with Crippen molar-refractivity contribution in [2.75, 3.05) is 6.57 Å². The van der Waals surface area contributed by atoms with Crippen LogP contribution in [0.5, 0.6) is 5.75 Å². The van der Waals surface area contributed by atoms with Crippen LogP contribution in [0, 0.1) is 0 Å². The Morgan fingerprint density at radius 1 is 1.27 bits per heavy atom. The number of hydrogen-bond donors (Lipinski definition) is 0. The van der Waals surface area contributed by atoms with Crippen molar-refractivity contribution in [3.05, 3.63) is 30.3 Å². The lowest BCUT2D eigenvalue weighted by molar-refractivity contribution is 0.446. The second-order valence-electron chi connectivity index (χ2n) is 2.00. The van der Waals surface area contributed by atoms with Gasteiger partial charge in [0.25, 0.3) is 0 Å². The molecule has 1 aromatic carbocycles. The van der Waals surface area contributed by atoms with Crippen molar-refractivity contribution >= 4 is 7.19 Å². The first kappa shape index (κ1) is 8.05. The fourth-order valence-electron chi connectivity index (χ4n) is 0.678. The minimum atomic E-state index is -1.85. The predicted octanol–water partition coefficient (Wildman–Crippen LogP) is 2.03. The molecular formula is C7H7BF2O. The molecule has 0 aliphatic rings. The van der Waals surface area contributed by atoms with Crippen LogP contribution >= 0.6 is 0 Å². The van der Waals surface area contributed by atoms with E-state index < -0.39 is 13.8 Å². The van der Waals surface area contributed by atoms with Crippen LogP contribution < -0.4 is 4.65 Å². The van der Waals surface area contributed by atoms with Crippen LogP contribution in [0.3, 0.4) is 0 Å². The normalized spacial score (nSPS) is 9.27. The Kier molecular flexibility index (Phi) is 2.89. The summed E-state index contributed by atoms with van der Waals surface area (Å²) in [6.45, 7) is -1.12. The molecule has 11 heavy (non-hydrogen) atoms. The van der Waals surface area contributed by atoms with Crippen molar-refractivity contribution in [2.45, 2.75) is 0 Å². The quantitative estimate of drug-likeness (QED) is 0.608. The van der Waals surface area contributed by atoms with E-state index in [1.807, 2.05) is 0 Å². The highest BCUT2D eigenvalue weighted by Crippen LogP contribution is 2.09. The number of hydrogen-bond acceptors (Lipinski definition) is 1. The van der Waals surface area contributed by atoms with E-state index in [-0.39, 0.29) is 0 Å². The number of para-hydroxylation sites is 1. The first-order valence-electron chi connectivity index (χ1n) is 3.24. The molecule has 0 fully saturated rings. The van der Waals surface area contributed by atoms with E-state index in [1.165, 1.54) is 0 Å². The van der Waals surface area contributed by atoms with E-state index in [4.69, 9.17) is 0 Å². The Labute approximate surface area is 64.1 Å². The smallest absolute Gasteiger partial charge is 0.531 e. The van der Waals surface area contributed by atoms with Crippen LogP contribution in [-0.4, -0.2) is 13.8 Å². The van der Waals surface area contributed by atoms with Crippen LogP contribution in [0.15, 0.2) is 30.3 Å². The lowest BCUT2D eigenvalue weighted by atomic mass is 9.99. The summed E-state index contributed by atoms with van der Waals surface area (Å²) in [5.41, 5.74) is 0. The molecule has 0 atom stereocenters. The fourth-order valence-corrected chi connectivity index (χ4v) is 0.678. The fraction of sp³-hybridized carbons (Fsp3) is 0.143. The highest BCUT2D eigenvalue weighted by atomic mass is 19.2. The molecule has 0 saturated carbocycles. The second-order valence-corrected chi connectivity index (χ2v) is 2.00. The third kappa shape index (κ3) is 2.57. The van der Waals surface area contributed by atoms with E-state index in [0.717, 1.165) is 0 Å². The summed E-state index contributed by atoms with van der Waals surface area (Å²) in [5, 5.41) is 0. The lowest BCUT2D eigenvalue weighted by Crippen LogP contribution is -2.18. The lowest BCUT2D eigenvalue weighted by Gasteiger charge is -2.03. The molecule has 0 aromatic heterocycles. The molecule has 0 heterocycles. The number of alkyl halides is 1. The molecule has 0 aliphatic heterocycles. The van der Waals surface area contributed by atoms with E-state index >= 15 is 0 Å². The molecule has 0 radical (unpaired) electrons. The Morgan fingerprint density at radius 2 is 1.91 bits per heavy atom. The van der Waals surface area contributed by atoms with Gasteiger partial charge in [0.2, 0.25) is 0 Å². The highest BCUT2D eigenvalue weighted by Gasteiger charge is 2.16. The summed E-state index contributed by atoms with van der Waals surface area (Å²) in [7, 11) is -1.85. The van der Waals surface area contributed by atoms with Crippen molar-refractivity contribution in [1.29, 1.82) is 0 Å². The summed E-state index contributed by atoms with van der Waals surface area (Å²) < 4.78 is 28.3. The molecular weight excluding hydrogens is 149 g/mol. The predicted molar refractivity (Wildman–Crippen MR) is 39.9 cm³/mol. The molecule has 1 nitrogen and oxygen atoms in total. The van der Waals surface area contributed by atoms with Gasteiger partial charge in [-0.3, -0.25) is 8.71 Å². The van der Waals surface area contributed by atoms with Gasteiger partial charge in [-0.15, -0.1) is 0 Å². The summed E-state index contributed by atoms with van der Waals surface area (Å²) in [6, 6.07) is 8.31. The van der Waals surface area contributed by atoms with Crippen LogP contribution in [0.25, 0.3) is 0 Å². The molecule has 0 saturated heterocycles. The molecule has 0 unspecified atom stereocenters. The molecule has 0 aliphatic carbocycles. The van der Waals surface area contributed by atoms with Gasteiger partial charge in [-0.25, -0.2) is 0 Å². The number of rotatable bonds is 3. The van der Waals surface area contributed by atoms with Crippen LogP contribution in [0.2, 0.25) is 0 Å². The Morgan fingerprint density at radius 3 is 2.45 bits per heavy atom. The first-order valence-corrected chi connectivity index (χ1v) is 3.24. The van der Waals surface area contributed by atoms with Gasteiger partial charge in [-0.05, 0) is 12.1 Å². The zero-order chi connectivity index (χ0) is 8.10. The van der Waals surface area contributed by atoms with Gasteiger partial charge in [0.15, 0.2) is 0 Å². The summed E-state index contributed by atoms with van der Waals surface area (Å²) in [4.78, 5) is 0. The first-order chi connectivity index (χ1) is 5.33. The maximum Gasteiger partial charge on any atom is 0.597 e. The van der Waals surface area contributed by atoms with Crippen molar-refractivity contribution in [1.82, 2.24) is 0 Å². The summed E-state index contributed by atoms with van der Waals surface area (Å²) in [6.07, 6.45) is 0. The molecule has 0 N–H and O–H groups in total. The standard InChI is InChI=1S/C7H7BF2O/c9-6-8(10)11-7-4-2-1-3-5-7/h1-5H,6H2. The Hall–Kier alpha value is -1.06. The third-order valence-electron chi connectivity index (χ3n) is 1.13. The molecule has 0 spiro atoms. The highest BCUT2D eigenvalue weighted by molar-refractivity contribution is 6.44. The van der Waals surface area contributed by atoms with Crippen LogP contribution in [0.1, 0.15) is 0 Å². The van der Waals surface area contributed by atoms with Gasteiger partial charge in [-0.1, -0.05) is 18.2 Å². The van der Waals surface area contributed by atoms with E-state index in [1.54, 1.807) is 30.3 Å². The van der Waals surface area contributed by atoms with Gasteiger partial charge in [0.05, 0.1) is 0 Å². The summed E-state index contributed by atoms with van der Waals surface area (Å²) >= 11 is 0. The van der Waals surface area contributed by atoms with Crippen molar-refractivity contribution < 1.29 is 13.4 Å². The van der Waals surface area contributed by atoms with Crippen molar-refractivity contribution in [2.24, 2.45) is 0 Å². The Balaban J connectivity index is 2.51. The van der Waals surface area contributed by atoms with Gasteiger partial charge in [0, 0.05) is 0 Å². The van der Waals surface area contributed by atoms with Crippen molar-refractivity contribution in [3.8, 4) is 5.75 Å². The van der Waals surface area contributed by atoms with Crippen LogP contribution in [0.4, 0.5) is 8.71 Å². The average molecular weight is 156 g/mol. The molecule has 1 rings (SSSR count). The number of benzene rings is 1. The maximum absolute atomic E-state index is 12.2. The zero-order valence-electron chi connectivity index (χ0n) is 5.84. The van der Waals surface area contributed by atoms with Crippen LogP contribution in [-0.2, 0) is 0 Å². The van der Waals surface area contributed by atoms with E-state index in [2.05, 4.69) is 4.65 Å². The molecule has 4 heteroatoms. The molecule has 1 aromatic rings. The van der Waals surface area contributed by atoms with Gasteiger partial charge < -0.3 is 4.65 Å². The third-order valence-corrected chi connectivity index (χ3v) is 1.13. The average Bonchev–Trinajstić information content (AvgIpc) is 2.06. The monoisotopic (exact) mass is 156 g/mol. The van der Waals surface area contributed by atoms with Gasteiger partial charge in [0.1, 0.15) is 12.3 Å². The minimum Gasteiger partial charge on any atom is -0.531 e. The number of halogens is 2. The van der Waals surface area contributed by atoms with Crippen molar-refractivity contribution in [3.63, 3.8) is 0 Å². The maximum atomic E-state index is 12.2. The Bertz CT molecular complexity index is 205. The second kappa shape index (κ2) is 3.96. The topological polar surface area (TPSA) is 9.23 Å². The molecule has 0 bridgehead atoms. The van der Waals surface area contributed by atoms with Gasteiger partial charge in [-0.2, -0.15) is 0 Å². The minimum absolute atomic E-state index is 0.345. The largest absolute Gasteiger partial charge is 0.597 e. The van der Waals surface area contributed by atoms with E-state index in [0.29, 0.717) is 5.75 Å². The molecule has 0 amide bonds. The SMILES string of the molecule is FCB(F)Oc1ccccc1.